The van der Waals surface area contributed by atoms with Crippen molar-refractivity contribution in [3.05, 3.63) is 28.2 Å². The fourth-order valence-electron chi connectivity index (χ4n) is 1.28. The molecule has 1 aromatic carbocycles. The first kappa shape index (κ1) is 15.0. The third kappa shape index (κ3) is 4.30. The summed E-state index contributed by atoms with van der Waals surface area (Å²) >= 11 is 3.24. The molecule has 0 heterocycles. The van der Waals surface area contributed by atoms with E-state index in [1.165, 1.54) is 0 Å². The highest BCUT2D eigenvalue weighted by Crippen LogP contribution is 2.18. The molecular weight excluding hydrogens is 320 g/mol. The van der Waals surface area contributed by atoms with E-state index in [0.29, 0.717) is 11.3 Å². The Morgan fingerprint density at radius 1 is 1.44 bits per heavy atom. The zero-order chi connectivity index (χ0) is 13.8. The summed E-state index contributed by atoms with van der Waals surface area (Å²) in [6.45, 7) is 1.66. The van der Waals surface area contributed by atoms with Gasteiger partial charge in [0, 0.05) is 22.5 Å². The largest absolute Gasteiger partial charge is 0.398 e. The molecule has 0 fully saturated rings. The third-order valence-corrected chi connectivity index (χ3v) is 4.60. The minimum Gasteiger partial charge on any atom is -0.398 e. The highest BCUT2D eigenvalue weighted by Gasteiger charge is 2.12. The highest BCUT2D eigenvalue weighted by atomic mass is 79.9. The summed E-state index contributed by atoms with van der Waals surface area (Å²) in [6, 6.07) is 4.94. The van der Waals surface area contributed by atoms with Crippen molar-refractivity contribution in [3.63, 3.8) is 0 Å². The lowest BCUT2D eigenvalue weighted by molar-refractivity contribution is 0.0957. The van der Waals surface area contributed by atoms with Crippen LogP contribution in [-0.4, -0.2) is 32.4 Å². The molecule has 0 unspecified atom stereocenters. The molecule has 0 radical (unpaired) electrons. The molecule has 1 amide bonds. The van der Waals surface area contributed by atoms with Crippen molar-refractivity contribution in [2.45, 2.75) is 6.92 Å². The fraction of sp³-hybridized carbons (Fsp3) is 0.364. The fourth-order valence-corrected chi connectivity index (χ4v) is 2.35. The summed E-state index contributed by atoms with van der Waals surface area (Å²) in [6.07, 6.45) is 0. The number of halogens is 1. The van der Waals surface area contributed by atoms with E-state index in [4.69, 9.17) is 5.73 Å². The Hall–Kier alpha value is -1.08. The van der Waals surface area contributed by atoms with E-state index in [2.05, 4.69) is 21.2 Å². The molecule has 0 saturated heterocycles. The quantitative estimate of drug-likeness (QED) is 0.791. The zero-order valence-electron chi connectivity index (χ0n) is 9.94. The number of nitrogens with one attached hydrogen (secondary N) is 1. The molecule has 18 heavy (non-hydrogen) atoms. The molecule has 0 saturated carbocycles. The van der Waals surface area contributed by atoms with Gasteiger partial charge in [-0.05, 0) is 18.2 Å². The lowest BCUT2D eigenvalue weighted by Crippen LogP contribution is -2.30. The molecule has 0 aromatic heterocycles. The lowest BCUT2D eigenvalue weighted by Gasteiger charge is -2.08. The smallest absolute Gasteiger partial charge is 0.253 e. The molecule has 3 N–H and O–H groups in total. The van der Waals surface area contributed by atoms with Crippen LogP contribution < -0.4 is 11.1 Å². The van der Waals surface area contributed by atoms with Crippen molar-refractivity contribution >= 4 is 37.4 Å². The molecule has 0 aliphatic heterocycles. The second-order valence-corrected chi connectivity index (χ2v) is 7.11. The Balaban J connectivity index is 2.64. The number of hydrogen-bond donors (Lipinski definition) is 2. The molecule has 7 heteroatoms. The van der Waals surface area contributed by atoms with Crippen LogP contribution in [0.3, 0.4) is 0 Å². The van der Waals surface area contributed by atoms with Gasteiger partial charge in [-0.2, -0.15) is 0 Å². The van der Waals surface area contributed by atoms with Gasteiger partial charge in [0.2, 0.25) is 0 Å². The average Bonchev–Trinajstić information content (AvgIpc) is 2.32. The first-order valence-corrected chi connectivity index (χ1v) is 8.01. The Kier molecular flexibility index (Phi) is 5.15. The van der Waals surface area contributed by atoms with Crippen LogP contribution in [0.25, 0.3) is 0 Å². The molecule has 0 spiro atoms. The second kappa shape index (κ2) is 6.19. The van der Waals surface area contributed by atoms with E-state index >= 15 is 0 Å². The molecule has 0 bridgehead atoms. The molecule has 100 valence electrons. The lowest BCUT2D eigenvalue weighted by atomic mass is 10.2. The SMILES string of the molecule is CCS(=O)(=O)CCNC(=O)c1cc(Br)ccc1N. The van der Waals surface area contributed by atoms with Crippen molar-refractivity contribution in [1.82, 2.24) is 5.32 Å². The first-order valence-electron chi connectivity index (χ1n) is 5.39. The van der Waals surface area contributed by atoms with Gasteiger partial charge in [-0.15, -0.1) is 0 Å². The topological polar surface area (TPSA) is 89.3 Å². The number of sulfone groups is 1. The maximum atomic E-state index is 11.8. The molecule has 0 atom stereocenters. The maximum Gasteiger partial charge on any atom is 0.253 e. The van der Waals surface area contributed by atoms with Crippen LogP contribution in [0.2, 0.25) is 0 Å². The Bertz CT molecular complexity index is 543. The van der Waals surface area contributed by atoms with Crippen molar-refractivity contribution in [2.24, 2.45) is 0 Å². The number of carbonyl (C=O) groups is 1. The van der Waals surface area contributed by atoms with Gasteiger partial charge >= 0.3 is 0 Å². The van der Waals surface area contributed by atoms with Crippen LogP contribution in [0.1, 0.15) is 17.3 Å². The number of hydrogen-bond acceptors (Lipinski definition) is 4. The number of anilines is 1. The maximum absolute atomic E-state index is 11.8. The number of nitrogens with two attached hydrogens (primary N) is 1. The van der Waals surface area contributed by atoms with Gasteiger partial charge < -0.3 is 11.1 Å². The van der Waals surface area contributed by atoms with Crippen molar-refractivity contribution < 1.29 is 13.2 Å². The van der Waals surface area contributed by atoms with Gasteiger partial charge in [-0.3, -0.25) is 4.79 Å². The van der Waals surface area contributed by atoms with Gasteiger partial charge in [-0.25, -0.2) is 8.42 Å². The summed E-state index contributed by atoms with van der Waals surface area (Å²) in [5, 5.41) is 2.54. The molecule has 0 aliphatic carbocycles. The number of benzene rings is 1. The average molecular weight is 335 g/mol. The van der Waals surface area contributed by atoms with Crippen LogP contribution in [0.5, 0.6) is 0 Å². The van der Waals surface area contributed by atoms with Crippen LogP contribution in [0, 0.1) is 0 Å². The normalized spacial score (nSPS) is 11.2. The Morgan fingerprint density at radius 2 is 2.11 bits per heavy atom. The predicted octanol–water partition coefficient (Wildman–Crippen LogP) is 1.20. The number of carbonyl (C=O) groups excluding carboxylic acids is 1. The molecule has 0 aliphatic rings. The van der Waals surface area contributed by atoms with E-state index < -0.39 is 9.84 Å². The second-order valence-electron chi connectivity index (χ2n) is 3.72. The number of nitrogen functional groups attached to an aromatic ring is 1. The molecule has 1 rings (SSSR count). The monoisotopic (exact) mass is 334 g/mol. The molecular formula is C11H15BrN2O3S. The predicted molar refractivity (Wildman–Crippen MR) is 75.2 cm³/mol. The summed E-state index contributed by atoms with van der Waals surface area (Å²) in [5.74, 6) is -0.370. The van der Waals surface area contributed by atoms with Crippen molar-refractivity contribution in [3.8, 4) is 0 Å². The number of amides is 1. The minimum absolute atomic E-state index is 0.0663. The summed E-state index contributed by atoms with van der Waals surface area (Å²) < 4.78 is 23.2. The standard InChI is InChI=1S/C11H15BrN2O3S/c1-2-18(16,17)6-5-14-11(15)9-7-8(12)3-4-10(9)13/h3-4,7H,2,5-6,13H2,1H3,(H,14,15). The van der Waals surface area contributed by atoms with E-state index in [1.807, 2.05) is 0 Å². The summed E-state index contributed by atoms with van der Waals surface area (Å²) in [7, 11) is -3.07. The van der Waals surface area contributed by atoms with E-state index in [1.54, 1.807) is 25.1 Å². The van der Waals surface area contributed by atoms with E-state index in [0.717, 1.165) is 4.47 Å². The molecule has 1 aromatic rings. The van der Waals surface area contributed by atoms with Gasteiger partial charge in [0.15, 0.2) is 9.84 Å². The van der Waals surface area contributed by atoms with Gasteiger partial charge in [0.25, 0.3) is 5.91 Å². The van der Waals surface area contributed by atoms with Crippen molar-refractivity contribution in [1.29, 1.82) is 0 Å². The Labute approximate surface area is 115 Å². The van der Waals surface area contributed by atoms with Crippen LogP contribution in [-0.2, 0) is 9.84 Å². The van der Waals surface area contributed by atoms with Gasteiger partial charge in [0.1, 0.15) is 0 Å². The van der Waals surface area contributed by atoms with Crippen molar-refractivity contribution in [2.75, 3.05) is 23.8 Å². The first-order chi connectivity index (χ1) is 8.35. The van der Waals surface area contributed by atoms with Crippen LogP contribution in [0.15, 0.2) is 22.7 Å². The number of rotatable bonds is 5. The zero-order valence-corrected chi connectivity index (χ0v) is 12.3. The molecule has 5 nitrogen and oxygen atoms in total. The van der Waals surface area contributed by atoms with E-state index in [-0.39, 0.29) is 24.0 Å². The Morgan fingerprint density at radius 3 is 2.72 bits per heavy atom. The van der Waals surface area contributed by atoms with Crippen LogP contribution >= 0.6 is 15.9 Å². The van der Waals surface area contributed by atoms with Crippen LogP contribution in [0.4, 0.5) is 5.69 Å². The highest BCUT2D eigenvalue weighted by molar-refractivity contribution is 9.10. The van der Waals surface area contributed by atoms with E-state index in [9.17, 15) is 13.2 Å². The summed E-state index contributed by atoms with van der Waals surface area (Å²) in [5.41, 5.74) is 6.36. The minimum atomic E-state index is -3.07. The van der Waals surface area contributed by atoms with Gasteiger partial charge in [0.05, 0.1) is 11.3 Å². The summed E-state index contributed by atoms with van der Waals surface area (Å²) in [4.78, 5) is 11.8. The third-order valence-electron chi connectivity index (χ3n) is 2.40. The van der Waals surface area contributed by atoms with Gasteiger partial charge in [-0.1, -0.05) is 22.9 Å².